The predicted molar refractivity (Wildman–Crippen MR) is 106 cm³/mol. The Labute approximate surface area is 170 Å². The quantitative estimate of drug-likeness (QED) is 0.602. The molecule has 1 aromatic rings. The van der Waals surface area contributed by atoms with Crippen LogP contribution in [0.1, 0.15) is 64.4 Å². The fourth-order valence-corrected chi connectivity index (χ4v) is 5.31. The number of aliphatic hydroxyl groups is 2. The minimum atomic E-state index is -1.02. The number of amides is 1. The lowest BCUT2D eigenvalue weighted by atomic mass is 9.68. The van der Waals surface area contributed by atoms with Gasteiger partial charge in [0, 0.05) is 24.6 Å². The third kappa shape index (κ3) is 5.74. The average molecular weight is 411 g/mol. The zero-order chi connectivity index (χ0) is 21.2. The molecule has 7 heteroatoms. The van der Waals surface area contributed by atoms with Gasteiger partial charge in [-0.25, -0.2) is 8.78 Å². The second-order valence-corrected chi connectivity index (χ2v) is 9.25. The van der Waals surface area contributed by atoms with E-state index in [4.69, 9.17) is 0 Å². The van der Waals surface area contributed by atoms with E-state index < -0.39 is 35.4 Å². The number of aliphatic hydroxyl groups excluding tert-OH is 1. The minimum Gasteiger partial charge on any atom is -0.390 e. The van der Waals surface area contributed by atoms with Crippen molar-refractivity contribution >= 4 is 5.91 Å². The maximum absolute atomic E-state index is 13.6. The first-order valence-electron chi connectivity index (χ1n) is 10.5. The van der Waals surface area contributed by atoms with Crippen LogP contribution >= 0.6 is 0 Å². The van der Waals surface area contributed by atoms with Crippen LogP contribution in [0.2, 0.25) is 0 Å². The van der Waals surface area contributed by atoms with Crippen LogP contribution in [0.15, 0.2) is 18.2 Å². The third-order valence-corrected chi connectivity index (χ3v) is 6.27. The summed E-state index contributed by atoms with van der Waals surface area (Å²) in [6.07, 6.45) is 5.22. The van der Waals surface area contributed by atoms with Crippen molar-refractivity contribution in [3.8, 4) is 0 Å². The molecule has 2 fully saturated rings. The normalized spacial score (nSPS) is 28.7. The van der Waals surface area contributed by atoms with Crippen LogP contribution in [0, 0.1) is 11.6 Å². The maximum Gasteiger partial charge on any atom is 0.217 e. The number of halogens is 2. The summed E-state index contributed by atoms with van der Waals surface area (Å²) < 4.78 is 27.2. The van der Waals surface area contributed by atoms with E-state index in [-0.39, 0.29) is 17.9 Å². The molecule has 1 aliphatic heterocycles. The molecule has 1 saturated heterocycles. The smallest absolute Gasteiger partial charge is 0.217 e. The molecule has 4 atom stereocenters. The number of hydrogen-bond acceptors (Lipinski definition) is 4. The van der Waals surface area contributed by atoms with Gasteiger partial charge in [0.25, 0.3) is 0 Å². The number of carbonyl (C=O) groups excluding carboxylic acids is 1. The van der Waals surface area contributed by atoms with Crippen LogP contribution < -0.4 is 10.6 Å². The highest BCUT2D eigenvalue weighted by Gasteiger charge is 2.48. The second kappa shape index (κ2) is 8.66. The van der Waals surface area contributed by atoms with Gasteiger partial charge in [0.05, 0.1) is 17.7 Å². The van der Waals surface area contributed by atoms with E-state index in [1.165, 1.54) is 25.5 Å². The molecule has 0 radical (unpaired) electrons. The van der Waals surface area contributed by atoms with Crippen molar-refractivity contribution in [2.24, 2.45) is 0 Å². The van der Waals surface area contributed by atoms with E-state index in [9.17, 15) is 23.8 Å². The van der Waals surface area contributed by atoms with Crippen LogP contribution in [0.25, 0.3) is 0 Å². The molecule has 0 bridgehead atoms. The largest absolute Gasteiger partial charge is 0.390 e. The molecular formula is C22H32F2N2O3. The van der Waals surface area contributed by atoms with Gasteiger partial charge in [0.2, 0.25) is 5.91 Å². The van der Waals surface area contributed by atoms with Gasteiger partial charge in [-0.15, -0.1) is 0 Å². The predicted octanol–water partition coefficient (Wildman–Crippen LogP) is 2.58. The van der Waals surface area contributed by atoms with Gasteiger partial charge < -0.3 is 20.8 Å². The first-order valence-corrected chi connectivity index (χ1v) is 10.5. The Balaban J connectivity index is 1.81. The fourth-order valence-electron chi connectivity index (χ4n) is 5.31. The molecule has 4 unspecified atom stereocenters. The van der Waals surface area contributed by atoms with E-state index >= 15 is 0 Å². The monoisotopic (exact) mass is 410 g/mol. The number of piperidine rings is 1. The molecule has 1 heterocycles. The van der Waals surface area contributed by atoms with Crippen LogP contribution in [-0.2, 0) is 11.2 Å². The van der Waals surface area contributed by atoms with E-state index in [0.717, 1.165) is 31.7 Å². The SMILES string of the molecule is CC(=O)NC(Cc1cc(F)cc(F)c1)C(O)C1CC(C)(O)CC2(CCCCC2)N1. The molecule has 1 aromatic carbocycles. The van der Waals surface area contributed by atoms with Gasteiger partial charge in [-0.3, -0.25) is 4.79 Å². The van der Waals surface area contributed by atoms with E-state index in [0.29, 0.717) is 18.4 Å². The molecule has 1 spiro atoms. The van der Waals surface area contributed by atoms with Gasteiger partial charge in [-0.1, -0.05) is 19.3 Å². The highest BCUT2D eigenvalue weighted by molar-refractivity contribution is 5.73. The topological polar surface area (TPSA) is 81.6 Å². The van der Waals surface area contributed by atoms with Crippen LogP contribution in [0.5, 0.6) is 0 Å². The van der Waals surface area contributed by atoms with E-state index in [2.05, 4.69) is 10.6 Å². The molecule has 3 rings (SSSR count). The van der Waals surface area contributed by atoms with Crippen LogP contribution in [-0.4, -0.2) is 45.4 Å². The van der Waals surface area contributed by atoms with Crippen LogP contribution in [0.3, 0.4) is 0 Å². The molecule has 29 heavy (non-hydrogen) atoms. The highest BCUT2D eigenvalue weighted by Crippen LogP contribution is 2.41. The Hall–Kier alpha value is -1.57. The molecule has 4 N–H and O–H groups in total. The maximum atomic E-state index is 13.6. The second-order valence-electron chi connectivity index (χ2n) is 9.25. The molecular weight excluding hydrogens is 378 g/mol. The lowest BCUT2D eigenvalue weighted by Crippen LogP contribution is -2.67. The standard InChI is InChI=1S/C22H32F2N2O3/c1-14(27)25-18(10-15-8-16(23)11-17(24)9-15)20(28)19-12-21(2,29)13-22(26-19)6-4-3-5-7-22/h8-9,11,18-20,26,28-29H,3-7,10,12-13H2,1-2H3,(H,25,27). The van der Waals surface area contributed by atoms with Crippen molar-refractivity contribution in [2.75, 3.05) is 0 Å². The van der Waals surface area contributed by atoms with Gasteiger partial charge in [-0.2, -0.15) is 0 Å². The summed E-state index contributed by atoms with van der Waals surface area (Å²) in [4.78, 5) is 11.7. The Bertz CT molecular complexity index is 715. The highest BCUT2D eigenvalue weighted by atomic mass is 19.1. The number of nitrogens with one attached hydrogen (secondary N) is 2. The van der Waals surface area contributed by atoms with Gasteiger partial charge in [0.1, 0.15) is 11.6 Å². The van der Waals surface area contributed by atoms with Crippen LogP contribution in [0.4, 0.5) is 8.78 Å². The molecule has 1 saturated carbocycles. The summed E-state index contributed by atoms with van der Waals surface area (Å²) in [6, 6.07) is 2.03. The fraction of sp³-hybridized carbons (Fsp3) is 0.682. The summed E-state index contributed by atoms with van der Waals surface area (Å²) in [5.74, 6) is -1.73. The Morgan fingerprint density at radius 2 is 1.86 bits per heavy atom. The molecule has 0 aromatic heterocycles. The van der Waals surface area contributed by atoms with E-state index in [1.54, 1.807) is 6.92 Å². The van der Waals surface area contributed by atoms with Crippen molar-refractivity contribution < 1.29 is 23.8 Å². The molecule has 2 aliphatic rings. The van der Waals surface area contributed by atoms with Crippen molar-refractivity contribution in [3.05, 3.63) is 35.4 Å². The summed E-state index contributed by atoms with van der Waals surface area (Å²) in [6.45, 7) is 3.14. The van der Waals surface area contributed by atoms with Gasteiger partial charge in [0.15, 0.2) is 0 Å². The molecule has 1 amide bonds. The minimum absolute atomic E-state index is 0.0861. The number of benzene rings is 1. The van der Waals surface area contributed by atoms with E-state index in [1.807, 2.05) is 0 Å². The third-order valence-electron chi connectivity index (χ3n) is 6.27. The summed E-state index contributed by atoms with van der Waals surface area (Å²) in [5, 5.41) is 28.4. The van der Waals surface area contributed by atoms with Gasteiger partial charge >= 0.3 is 0 Å². The zero-order valence-corrected chi connectivity index (χ0v) is 17.2. The summed E-state index contributed by atoms with van der Waals surface area (Å²) in [5.41, 5.74) is -0.799. The lowest BCUT2D eigenvalue weighted by molar-refractivity contribution is -0.121. The Morgan fingerprint density at radius 3 is 2.45 bits per heavy atom. The van der Waals surface area contributed by atoms with Crippen molar-refractivity contribution in [3.63, 3.8) is 0 Å². The average Bonchev–Trinajstić information content (AvgIpc) is 2.58. The summed E-state index contributed by atoms with van der Waals surface area (Å²) >= 11 is 0. The molecule has 5 nitrogen and oxygen atoms in total. The van der Waals surface area contributed by atoms with Crippen molar-refractivity contribution in [2.45, 2.75) is 94.5 Å². The number of rotatable bonds is 5. The zero-order valence-electron chi connectivity index (χ0n) is 17.2. The van der Waals surface area contributed by atoms with Crippen molar-refractivity contribution in [1.29, 1.82) is 0 Å². The first-order chi connectivity index (χ1) is 13.6. The van der Waals surface area contributed by atoms with Crippen molar-refractivity contribution in [1.82, 2.24) is 10.6 Å². The summed E-state index contributed by atoms with van der Waals surface area (Å²) in [7, 11) is 0. The van der Waals surface area contributed by atoms with Gasteiger partial charge in [-0.05, 0) is 56.7 Å². The molecule has 162 valence electrons. The Kier molecular flexibility index (Phi) is 6.61. The Morgan fingerprint density at radius 1 is 1.24 bits per heavy atom. The molecule has 1 aliphatic carbocycles. The number of hydrogen-bond donors (Lipinski definition) is 4. The number of carbonyl (C=O) groups is 1. The first kappa shape index (κ1) is 22.1. The lowest BCUT2D eigenvalue weighted by Gasteiger charge is -2.52.